The first-order chi connectivity index (χ1) is 14.9. The normalized spacial score (nSPS) is 20.6. The van der Waals surface area contributed by atoms with Crippen LogP contribution in [0.4, 0.5) is 4.79 Å². The molecule has 2 aromatic carbocycles. The number of ether oxygens (including phenoxy) is 1. The van der Waals surface area contributed by atoms with Gasteiger partial charge in [0.15, 0.2) is 0 Å². The van der Waals surface area contributed by atoms with E-state index in [9.17, 15) is 19.5 Å². The van der Waals surface area contributed by atoms with Crippen molar-refractivity contribution in [1.29, 1.82) is 0 Å². The Balaban J connectivity index is 1.36. The van der Waals surface area contributed by atoms with Crippen molar-refractivity contribution < 1.29 is 24.2 Å². The van der Waals surface area contributed by atoms with Crippen LogP contribution in [0.5, 0.6) is 0 Å². The average molecular weight is 422 g/mol. The van der Waals surface area contributed by atoms with Gasteiger partial charge >= 0.3 is 12.1 Å². The Hall–Kier alpha value is -3.35. The molecule has 2 N–H and O–H groups in total. The van der Waals surface area contributed by atoms with Crippen LogP contribution in [-0.2, 0) is 14.3 Å². The maximum Gasteiger partial charge on any atom is 0.407 e. The van der Waals surface area contributed by atoms with E-state index < -0.39 is 24.0 Å². The Morgan fingerprint density at radius 3 is 2.19 bits per heavy atom. The number of benzene rings is 2. The summed E-state index contributed by atoms with van der Waals surface area (Å²) in [5, 5.41) is 11.8. The van der Waals surface area contributed by atoms with Gasteiger partial charge in [-0.1, -0.05) is 55.5 Å². The van der Waals surface area contributed by atoms with Crippen molar-refractivity contribution in [2.45, 2.75) is 25.8 Å². The van der Waals surface area contributed by atoms with Crippen LogP contribution in [0.1, 0.15) is 30.9 Å². The van der Waals surface area contributed by atoms with Gasteiger partial charge < -0.3 is 20.1 Å². The lowest BCUT2D eigenvalue weighted by Crippen LogP contribution is -2.46. The van der Waals surface area contributed by atoms with Crippen molar-refractivity contribution in [3.8, 4) is 11.1 Å². The Bertz CT molecular complexity index is 975. The van der Waals surface area contributed by atoms with Crippen molar-refractivity contribution in [2.75, 3.05) is 19.7 Å². The topological polar surface area (TPSA) is 95.9 Å². The number of amides is 2. The molecular formula is C24H26N2O5. The number of carbonyl (C=O) groups excluding carboxylic acids is 2. The third-order valence-corrected chi connectivity index (χ3v) is 6.29. The highest BCUT2D eigenvalue weighted by atomic mass is 16.5. The van der Waals surface area contributed by atoms with Gasteiger partial charge in [-0.2, -0.15) is 0 Å². The lowest BCUT2D eigenvalue weighted by atomic mass is 9.98. The van der Waals surface area contributed by atoms with Gasteiger partial charge in [0.2, 0.25) is 5.91 Å². The Labute approximate surface area is 181 Å². The molecule has 162 valence electrons. The quantitative estimate of drug-likeness (QED) is 0.772. The van der Waals surface area contributed by atoms with Crippen molar-refractivity contribution in [3.05, 3.63) is 59.7 Å². The van der Waals surface area contributed by atoms with E-state index in [2.05, 4.69) is 17.4 Å². The van der Waals surface area contributed by atoms with E-state index in [1.165, 1.54) is 4.90 Å². The third-order valence-electron chi connectivity index (χ3n) is 6.29. The average Bonchev–Trinajstić information content (AvgIpc) is 3.30. The summed E-state index contributed by atoms with van der Waals surface area (Å²) in [5.74, 6) is -1.96. The number of aliphatic carboxylic acids is 1. The highest BCUT2D eigenvalue weighted by Gasteiger charge is 2.38. The smallest absolute Gasteiger partial charge is 0.407 e. The van der Waals surface area contributed by atoms with E-state index in [1.54, 1.807) is 6.92 Å². The molecule has 1 saturated heterocycles. The number of rotatable bonds is 5. The highest BCUT2D eigenvalue weighted by Crippen LogP contribution is 2.44. The summed E-state index contributed by atoms with van der Waals surface area (Å²) in [6.45, 7) is 4.10. The van der Waals surface area contributed by atoms with Crippen LogP contribution in [0.2, 0.25) is 0 Å². The van der Waals surface area contributed by atoms with E-state index in [0.717, 1.165) is 22.3 Å². The van der Waals surface area contributed by atoms with Crippen molar-refractivity contribution in [2.24, 2.45) is 11.8 Å². The number of fused-ring (bicyclic) bond motifs is 3. The first kappa shape index (κ1) is 20.9. The van der Waals surface area contributed by atoms with E-state index in [0.29, 0.717) is 6.54 Å². The predicted molar refractivity (Wildman–Crippen MR) is 115 cm³/mol. The molecule has 0 bridgehead atoms. The van der Waals surface area contributed by atoms with Gasteiger partial charge in [-0.15, -0.1) is 0 Å². The number of nitrogens with one attached hydrogen (secondary N) is 1. The molecule has 0 aromatic heterocycles. The zero-order valence-corrected chi connectivity index (χ0v) is 17.6. The minimum atomic E-state index is -0.903. The van der Waals surface area contributed by atoms with Gasteiger partial charge in [0, 0.05) is 19.0 Å². The monoisotopic (exact) mass is 422 g/mol. The molecule has 1 aliphatic carbocycles. The minimum absolute atomic E-state index is 0.0556. The molecule has 2 aromatic rings. The molecule has 7 heteroatoms. The molecule has 0 saturated carbocycles. The molecule has 1 fully saturated rings. The van der Waals surface area contributed by atoms with Gasteiger partial charge in [-0.3, -0.25) is 9.59 Å². The Morgan fingerprint density at radius 1 is 1.06 bits per heavy atom. The SMILES string of the molecule is CC1CN(C(=O)[C@H](C)NC(=O)OCC2c3ccccc3-c3ccccc32)CC1C(=O)O. The molecule has 1 heterocycles. The Kier molecular flexibility index (Phi) is 5.67. The zero-order chi connectivity index (χ0) is 22.1. The number of nitrogens with zero attached hydrogens (tertiary/aromatic N) is 1. The number of alkyl carbamates (subject to hydrolysis) is 1. The number of carboxylic acids is 1. The molecule has 31 heavy (non-hydrogen) atoms. The third kappa shape index (κ3) is 4.00. The zero-order valence-electron chi connectivity index (χ0n) is 17.6. The summed E-state index contributed by atoms with van der Waals surface area (Å²) in [7, 11) is 0. The number of hydrogen-bond acceptors (Lipinski definition) is 4. The molecule has 0 radical (unpaired) electrons. The fraction of sp³-hybridized carbons (Fsp3) is 0.375. The molecule has 2 amide bonds. The van der Waals surface area contributed by atoms with Crippen molar-refractivity contribution in [1.82, 2.24) is 10.2 Å². The van der Waals surface area contributed by atoms with Crippen LogP contribution < -0.4 is 5.32 Å². The van der Waals surface area contributed by atoms with E-state index in [-0.39, 0.29) is 30.9 Å². The molecule has 4 rings (SSSR count). The lowest BCUT2D eigenvalue weighted by Gasteiger charge is -2.22. The number of hydrogen-bond donors (Lipinski definition) is 2. The summed E-state index contributed by atoms with van der Waals surface area (Å²) in [5.41, 5.74) is 4.52. The molecule has 0 spiro atoms. The van der Waals surface area contributed by atoms with Gasteiger partial charge in [-0.25, -0.2) is 4.79 Å². The summed E-state index contributed by atoms with van der Waals surface area (Å²) >= 11 is 0. The van der Waals surface area contributed by atoms with Gasteiger partial charge in [-0.05, 0) is 35.1 Å². The minimum Gasteiger partial charge on any atom is -0.481 e. The number of carbonyl (C=O) groups is 3. The summed E-state index contributed by atoms with van der Waals surface area (Å²) in [6, 6.07) is 15.4. The van der Waals surface area contributed by atoms with Crippen molar-refractivity contribution >= 4 is 18.0 Å². The standard InChI is InChI=1S/C24H26N2O5/c1-14-11-26(12-20(14)23(28)29)22(27)15(2)25-24(30)31-13-21-18-9-5-3-7-16(18)17-8-4-6-10-19(17)21/h3-10,14-15,20-21H,11-13H2,1-2H3,(H,25,30)(H,28,29)/t14?,15-,20?/m0/s1. The first-order valence-electron chi connectivity index (χ1n) is 10.5. The fourth-order valence-electron chi connectivity index (χ4n) is 4.62. The van der Waals surface area contributed by atoms with Crippen LogP contribution in [0.15, 0.2) is 48.5 Å². The predicted octanol–water partition coefficient (Wildman–Crippen LogP) is 3.09. The Morgan fingerprint density at radius 2 is 1.65 bits per heavy atom. The van der Waals surface area contributed by atoms with Gasteiger partial charge in [0.25, 0.3) is 0 Å². The van der Waals surface area contributed by atoms with E-state index >= 15 is 0 Å². The summed E-state index contributed by atoms with van der Waals surface area (Å²) in [4.78, 5) is 37.8. The van der Waals surface area contributed by atoms with Crippen LogP contribution >= 0.6 is 0 Å². The maximum absolute atomic E-state index is 12.6. The first-order valence-corrected chi connectivity index (χ1v) is 10.5. The lowest BCUT2D eigenvalue weighted by molar-refractivity contribution is -0.142. The van der Waals surface area contributed by atoms with E-state index in [4.69, 9.17) is 4.74 Å². The number of likely N-dealkylation sites (tertiary alicyclic amines) is 1. The molecule has 3 atom stereocenters. The summed E-state index contributed by atoms with van der Waals surface area (Å²) in [6.07, 6.45) is -0.662. The van der Waals surface area contributed by atoms with Crippen LogP contribution in [0.25, 0.3) is 11.1 Å². The highest BCUT2D eigenvalue weighted by molar-refractivity contribution is 5.86. The van der Waals surface area contributed by atoms with Crippen molar-refractivity contribution in [3.63, 3.8) is 0 Å². The maximum atomic E-state index is 12.6. The number of carboxylic acid groups (broad SMARTS) is 1. The van der Waals surface area contributed by atoms with Crippen LogP contribution in [0, 0.1) is 11.8 Å². The van der Waals surface area contributed by atoms with Crippen LogP contribution in [0.3, 0.4) is 0 Å². The molecule has 7 nitrogen and oxygen atoms in total. The molecule has 2 unspecified atom stereocenters. The van der Waals surface area contributed by atoms with Crippen LogP contribution in [-0.4, -0.2) is 53.7 Å². The molecular weight excluding hydrogens is 396 g/mol. The molecule has 1 aliphatic heterocycles. The fourth-order valence-corrected chi connectivity index (χ4v) is 4.62. The largest absolute Gasteiger partial charge is 0.481 e. The summed E-state index contributed by atoms with van der Waals surface area (Å²) < 4.78 is 5.49. The second-order valence-electron chi connectivity index (χ2n) is 8.36. The van der Waals surface area contributed by atoms with E-state index in [1.807, 2.05) is 43.3 Å². The van der Waals surface area contributed by atoms with Gasteiger partial charge in [0.1, 0.15) is 12.6 Å². The second kappa shape index (κ2) is 8.41. The molecule has 2 aliphatic rings. The second-order valence-corrected chi connectivity index (χ2v) is 8.36. The van der Waals surface area contributed by atoms with Gasteiger partial charge in [0.05, 0.1) is 5.92 Å².